The van der Waals surface area contributed by atoms with Gasteiger partial charge in [-0.05, 0) is 43.9 Å². The lowest BCUT2D eigenvalue weighted by Gasteiger charge is -2.26. The highest BCUT2D eigenvalue weighted by atomic mass is 35.5. The third kappa shape index (κ3) is 4.56. The number of oxazole rings is 1. The number of rotatable bonds is 5. The van der Waals surface area contributed by atoms with Gasteiger partial charge in [-0.2, -0.15) is 0 Å². The highest BCUT2D eigenvalue weighted by Crippen LogP contribution is 2.37. The number of carbonyl (C=O) groups excluding carboxylic acids is 3. The molecule has 4 N–H and O–H groups in total. The maximum absolute atomic E-state index is 13.1. The molecular formula is C19H20ClFN4O4. The van der Waals surface area contributed by atoms with Gasteiger partial charge in [-0.25, -0.2) is 9.37 Å². The molecule has 3 rings (SSSR count). The highest BCUT2D eigenvalue weighted by molar-refractivity contribution is 6.33. The highest BCUT2D eigenvalue weighted by Gasteiger charge is 2.32. The Morgan fingerprint density at radius 3 is 2.52 bits per heavy atom. The van der Waals surface area contributed by atoms with Crippen LogP contribution < -0.4 is 16.4 Å². The number of anilines is 1. The van der Waals surface area contributed by atoms with Gasteiger partial charge in [-0.15, -0.1) is 0 Å². The van der Waals surface area contributed by atoms with Gasteiger partial charge in [0, 0.05) is 18.9 Å². The van der Waals surface area contributed by atoms with E-state index in [4.69, 9.17) is 21.8 Å². The molecule has 0 saturated heterocycles. The van der Waals surface area contributed by atoms with Crippen LogP contribution in [0.4, 0.5) is 10.1 Å². The molecule has 0 spiro atoms. The molecule has 29 heavy (non-hydrogen) atoms. The second kappa shape index (κ2) is 8.60. The summed E-state index contributed by atoms with van der Waals surface area (Å²) in [4.78, 5) is 40.0. The van der Waals surface area contributed by atoms with Crippen molar-refractivity contribution >= 4 is 35.0 Å². The third-order valence-corrected chi connectivity index (χ3v) is 5.26. The first-order chi connectivity index (χ1) is 13.8. The fourth-order valence-electron chi connectivity index (χ4n) is 3.38. The van der Waals surface area contributed by atoms with E-state index in [1.165, 1.54) is 19.2 Å². The molecule has 1 aliphatic rings. The zero-order chi connectivity index (χ0) is 21.1. The Labute approximate surface area is 171 Å². The van der Waals surface area contributed by atoms with Crippen LogP contribution in [-0.4, -0.2) is 29.8 Å². The topological polar surface area (TPSA) is 127 Å². The Bertz CT molecular complexity index is 954. The smallest absolute Gasteiger partial charge is 0.287 e. The summed E-state index contributed by atoms with van der Waals surface area (Å²) >= 11 is 5.95. The zero-order valence-electron chi connectivity index (χ0n) is 15.6. The van der Waals surface area contributed by atoms with Gasteiger partial charge >= 0.3 is 0 Å². The average Bonchev–Trinajstić information content (AvgIpc) is 3.15. The minimum Gasteiger partial charge on any atom is -0.434 e. The first-order valence-corrected chi connectivity index (χ1v) is 9.46. The van der Waals surface area contributed by atoms with Crippen LogP contribution in [-0.2, 0) is 4.79 Å². The molecule has 0 aliphatic heterocycles. The Morgan fingerprint density at radius 2 is 1.93 bits per heavy atom. The minimum atomic E-state index is -0.869. The van der Waals surface area contributed by atoms with Crippen LogP contribution in [0, 0.1) is 11.7 Å². The molecule has 2 aromatic rings. The molecule has 154 valence electrons. The summed E-state index contributed by atoms with van der Waals surface area (Å²) in [5, 5.41) is 5.24. The summed E-state index contributed by atoms with van der Waals surface area (Å²) in [5.74, 6) is -2.51. The van der Waals surface area contributed by atoms with Gasteiger partial charge in [0.15, 0.2) is 11.6 Å². The summed E-state index contributed by atoms with van der Waals surface area (Å²) < 4.78 is 18.6. The number of benzene rings is 1. The number of hydrogen-bond donors (Lipinski definition) is 3. The number of aromatic nitrogens is 1. The van der Waals surface area contributed by atoms with Gasteiger partial charge in [0.05, 0.1) is 10.7 Å². The molecule has 0 bridgehead atoms. The zero-order valence-corrected chi connectivity index (χ0v) is 16.4. The van der Waals surface area contributed by atoms with E-state index in [9.17, 15) is 18.8 Å². The SMILES string of the molecule is CNC(=O)c1nc([C@H]2CC[C@H](C(=O)Nc3ccc(F)cc3Cl)CC2)oc1C(N)=O. The van der Waals surface area contributed by atoms with Gasteiger partial charge in [0.2, 0.25) is 11.7 Å². The van der Waals surface area contributed by atoms with E-state index < -0.39 is 17.6 Å². The largest absolute Gasteiger partial charge is 0.434 e. The summed E-state index contributed by atoms with van der Waals surface area (Å²) in [5.41, 5.74) is 5.48. The lowest BCUT2D eigenvalue weighted by Crippen LogP contribution is -2.27. The van der Waals surface area contributed by atoms with Crippen LogP contribution in [0.5, 0.6) is 0 Å². The number of hydrogen-bond acceptors (Lipinski definition) is 5. The molecule has 1 aliphatic carbocycles. The Balaban J connectivity index is 1.65. The third-order valence-electron chi connectivity index (χ3n) is 4.95. The molecule has 1 aromatic heterocycles. The molecule has 10 heteroatoms. The van der Waals surface area contributed by atoms with E-state index >= 15 is 0 Å². The Hall–Kier alpha value is -2.94. The summed E-state index contributed by atoms with van der Waals surface area (Å²) in [7, 11) is 1.42. The van der Waals surface area contributed by atoms with Gasteiger partial charge in [0.1, 0.15) is 5.82 Å². The molecule has 1 saturated carbocycles. The predicted octanol–water partition coefficient (Wildman–Crippen LogP) is 2.84. The van der Waals surface area contributed by atoms with Gasteiger partial charge < -0.3 is 20.8 Å². The quantitative estimate of drug-likeness (QED) is 0.682. The molecule has 0 atom stereocenters. The van der Waals surface area contributed by atoms with Crippen LogP contribution in [0.1, 0.15) is 58.5 Å². The van der Waals surface area contributed by atoms with Gasteiger partial charge in [-0.1, -0.05) is 11.6 Å². The van der Waals surface area contributed by atoms with E-state index in [1.807, 2.05) is 0 Å². The lowest BCUT2D eigenvalue weighted by atomic mass is 9.81. The molecule has 1 aromatic carbocycles. The van der Waals surface area contributed by atoms with Crippen LogP contribution >= 0.6 is 11.6 Å². The lowest BCUT2D eigenvalue weighted by molar-refractivity contribution is -0.120. The summed E-state index contributed by atoms with van der Waals surface area (Å²) in [6, 6.07) is 3.78. The van der Waals surface area contributed by atoms with Crippen molar-refractivity contribution in [3.8, 4) is 0 Å². The molecule has 8 nitrogen and oxygen atoms in total. The second-order valence-electron chi connectivity index (χ2n) is 6.84. The van der Waals surface area contributed by atoms with Crippen molar-refractivity contribution in [1.82, 2.24) is 10.3 Å². The van der Waals surface area contributed by atoms with E-state index in [1.54, 1.807) is 0 Å². The number of nitrogens with two attached hydrogens (primary N) is 1. The summed E-state index contributed by atoms with van der Waals surface area (Å²) in [6.45, 7) is 0. The van der Waals surface area contributed by atoms with Crippen LogP contribution in [0.2, 0.25) is 5.02 Å². The monoisotopic (exact) mass is 422 g/mol. The first kappa shape index (κ1) is 20.8. The fourth-order valence-corrected chi connectivity index (χ4v) is 3.59. The molecule has 1 heterocycles. The average molecular weight is 423 g/mol. The Kier molecular flexibility index (Phi) is 6.17. The molecule has 0 radical (unpaired) electrons. The molecule has 3 amide bonds. The minimum absolute atomic E-state index is 0.132. The van der Waals surface area contributed by atoms with E-state index in [2.05, 4.69) is 15.6 Å². The predicted molar refractivity (Wildman–Crippen MR) is 103 cm³/mol. The molecular weight excluding hydrogens is 403 g/mol. The van der Waals surface area contributed by atoms with Crippen molar-refractivity contribution in [2.24, 2.45) is 11.7 Å². The fraction of sp³-hybridized carbons (Fsp3) is 0.368. The standard InChI is InChI=1S/C19H20ClFN4O4/c1-23-18(28)14-15(16(22)26)29-19(25-14)10-4-2-9(3-5-10)17(27)24-13-7-6-11(21)8-12(13)20/h6-10H,2-5H2,1H3,(H2,22,26)(H,23,28)(H,24,27)/t9-,10-. The number of nitrogens with zero attached hydrogens (tertiary/aromatic N) is 1. The number of halogens is 2. The van der Waals surface area contributed by atoms with Gasteiger partial charge in [0.25, 0.3) is 11.8 Å². The van der Waals surface area contributed by atoms with Crippen molar-refractivity contribution in [2.75, 3.05) is 12.4 Å². The Morgan fingerprint density at radius 1 is 1.24 bits per heavy atom. The molecule has 0 unspecified atom stereocenters. The number of amides is 3. The maximum atomic E-state index is 13.1. The number of nitrogens with one attached hydrogen (secondary N) is 2. The van der Waals surface area contributed by atoms with E-state index in [0.717, 1.165) is 6.07 Å². The van der Waals surface area contributed by atoms with Crippen molar-refractivity contribution in [3.05, 3.63) is 46.4 Å². The number of primary amides is 1. The normalized spacial score (nSPS) is 18.9. The van der Waals surface area contributed by atoms with Crippen molar-refractivity contribution in [1.29, 1.82) is 0 Å². The van der Waals surface area contributed by atoms with Crippen molar-refractivity contribution in [3.63, 3.8) is 0 Å². The summed E-state index contributed by atoms with van der Waals surface area (Å²) in [6.07, 6.45) is 2.28. The maximum Gasteiger partial charge on any atom is 0.287 e. The van der Waals surface area contributed by atoms with Crippen LogP contribution in [0.3, 0.4) is 0 Å². The second-order valence-corrected chi connectivity index (χ2v) is 7.24. The number of carbonyl (C=O) groups is 3. The van der Waals surface area contributed by atoms with E-state index in [0.29, 0.717) is 31.4 Å². The van der Waals surface area contributed by atoms with Crippen molar-refractivity contribution < 1.29 is 23.2 Å². The van der Waals surface area contributed by atoms with Crippen LogP contribution in [0.15, 0.2) is 22.6 Å². The molecule has 1 fully saturated rings. The van der Waals surface area contributed by atoms with E-state index in [-0.39, 0.29) is 40.1 Å². The van der Waals surface area contributed by atoms with Crippen LogP contribution in [0.25, 0.3) is 0 Å². The first-order valence-electron chi connectivity index (χ1n) is 9.08. The van der Waals surface area contributed by atoms with Crippen molar-refractivity contribution in [2.45, 2.75) is 31.6 Å². The van der Waals surface area contributed by atoms with Gasteiger partial charge in [-0.3, -0.25) is 14.4 Å².